The Balaban J connectivity index is 2.12. The molecule has 3 N–H and O–H groups in total. The van der Waals surface area contributed by atoms with Crippen molar-refractivity contribution in [2.45, 2.75) is 6.92 Å². The van der Waals surface area contributed by atoms with Crippen molar-refractivity contribution in [3.05, 3.63) is 35.5 Å². The molecule has 0 atom stereocenters. The van der Waals surface area contributed by atoms with E-state index in [0.717, 1.165) is 10.5 Å². The van der Waals surface area contributed by atoms with Crippen molar-refractivity contribution in [1.82, 2.24) is 9.80 Å². The van der Waals surface area contributed by atoms with Crippen molar-refractivity contribution in [1.29, 1.82) is 0 Å². The Kier molecular flexibility index (Phi) is 5.89. The number of likely N-dealkylation sites (N-methyl/N-ethyl adjacent to an activating group) is 1. The van der Waals surface area contributed by atoms with E-state index in [1.54, 1.807) is 37.2 Å². The highest BCUT2D eigenvalue weighted by molar-refractivity contribution is 6.17. The number of nitrogens with zero attached hydrogens (tertiary/aromatic N) is 2. The zero-order chi connectivity index (χ0) is 18.6. The van der Waals surface area contributed by atoms with Crippen LogP contribution in [0.15, 0.2) is 30.0 Å². The van der Waals surface area contributed by atoms with Crippen molar-refractivity contribution in [3.8, 4) is 0 Å². The molecule has 0 aromatic heterocycles. The van der Waals surface area contributed by atoms with Crippen LogP contribution in [0.4, 0.5) is 11.4 Å². The fourth-order valence-electron chi connectivity index (χ4n) is 2.38. The third-order valence-electron chi connectivity index (χ3n) is 3.58. The summed E-state index contributed by atoms with van der Waals surface area (Å²) in [7, 11) is 3.61. The van der Waals surface area contributed by atoms with Gasteiger partial charge in [-0.3, -0.25) is 19.3 Å². The van der Waals surface area contributed by atoms with Gasteiger partial charge in [-0.15, -0.1) is 0 Å². The number of carbonyl (C=O) groups is 3. The van der Waals surface area contributed by atoms with Crippen molar-refractivity contribution >= 4 is 29.1 Å². The first-order valence-corrected chi connectivity index (χ1v) is 7.82. The molecule has 8 heteroatoms. The molecule has 1 aliphatic heterocycles. The number of hydrogen-bond acceptors (Lipinski definition) is 6. The molecule has 3 amide bonds. The van der Waals surface area contributed by atoms with Gasteiger partial charge in [0, 0.05) is 17.5 Å². The summed E-state index contributed by atoms with van der Waals surface area (Å²) < 4.78 is 0. The average molecular weight is 346 g/mol. The van der Waals surface area contributed by atoms with Gasteiger partial charge in [0.25, 0.3) is 11.8 Å². The second-order valence-corrected chi connectivity index (χ2v) is 6.02. The molecule has 1 aliphatic rings. The lowest BCUT2D eigenvalue weighted by Crippen LogP contribution is -2.34. The van der Waals surface area contributed by atoms with Crippen molar-refractivity contribution < 1.29 is 19.5 Å². The highest BCUT2D eigenvalue weighted by Gasteiger charge is 2.30. The molecule has 0 fully saturated rings. The predicted molar refractivity (Wildman–Crippen MR) is 93.9 cm³/mol. The third kappa shape index (κ3) is 4.65. The van der Waals surface area contributed by atoms with Gasteiger partial charge in [-0.25, -0.2) is 0 Å². The molecule has 1 aromatic carbocycles. The number of carbonyl (C=O) groups excluding carboxylic acids is 3. The van der Waals surface area contributed by atoms with E-state index in [0.29, 0.717) is 11.4 Å². The monoisotopic (exact) mass is 346 g/mol. The summed E-state index contributed by atoms with van der Waals surface area (Å²) in [6, 6.07) is 5.27. The minimum absolute atomic E-state index is 0.0426. The molecule has 8 nitrogen and oxygen atoms in total. The first-order chi connectivity index (χ1) is 11.8. The molecule has 2 rings (SSSR count). The zero-order valence-electron chi connectivity index (χ0n) is 14.5. The van der Waals surface area contributed by atoms with Crippen LogP contribution in [-0.4, -0.2) is 66.4 Å². The minimum Gasteiger partial charge on any atom is -0.395 e. The molecule has 0 saturated heterocycles. The number of hydrogen-bond donors (Lipinski definition) is 3. The van der Waals surface area contributed by atoms with E-state index in [2.05, 4.69) is 10.6 Å². The first kappa shape index (κ1) is 18.6. The standard InChI is InChI=1S/C17H22N4O4/c1-11-4-5-12(8-13(11)19-15(23)10-20(2)3)18-14-9-16(24)21(6-7-22)17(14)25/h4-5,8-9,18,22H,6-7,10H2,1-3H3,(H,19,23). The maximum Gasteiger partial charge on any atom is 0.277 e. The molecule has 0 bridgehead atoms. The SMILES string of the molecule is Cc1ccc(NC2=CC(=O)N(CCO)C2=O)cc1NC(=O)CN(C)C. The number of benzene rings is 1. The number of anilines is 2. The smallest absolute Gasteiger partial charge is 0.277 e. The number of amides is 3. The number of aliphatic hydroxyl groups is 1. The second-order valence-electron chi connectivity index (χ2n) is 6.02. The lowest BCUT2D eigenvalue weighted by molar-refractivity contribution is -0.137. The lowest BCUT2D eigenvalue weighted by atomic mass is 10.1. The van der Waals surface area contributed by atoms with Gasteiger partial charge in [0.1, 0.15) is 5.70 Å². The third-order valence-corrected chi connectivity index (χ3v) is 3.58. The van der Waals surface area contributed by atoms with Crippen molar-refractivity contribution in [2.75, 3.05) is 44.4 Å². The van der Waals surface area contributed by atoms with Gasteiger partial charge in [-0.05, 0) is 38.7 Å². The summed E-state index contributed by atoms with van der Waals surface area (Å²) in [6.07, 6.45) is 1.20. The molecule has 0 aliphatic carbocycles. The summed E-state index contributed by atoms with van der Waals surface area (Å²) in [5.74, 6) is -1.10. The fraction of sp³-hybridized carbons (Fsp3) is 0.353. The molecule has 0 spiro atoms. The Morgan fingerprint density at radius 1 is 1.28 bits per heavy atom. The Hall–Kier alpha value is -2.71. The predicted octanol–water partition coefficient (Wildman–Crippen LogP) is 0.152. The van der Waals surface area contributed by atoms with E-state index in [-0.39, 0.29) is 31.3 Å². The normalized spacial score (nSPS) is 14.1. The van der Waals surface area contributed by atoms with Gasteiger partial charge in [0.05, 0.1) is 19.7 Å². The van der Waals surface area contributed by atoms with Crippen molar-refractivity contribution in [2.24, 2.45) is 0 Å². The van der Waals surface area contributed by atoms with Crippen LogP contribution in [0.25, 0.3) is 0 Å². The van der Waals surface area contributed by atoms with E-state index < -0.39 is 11.8 Å². The van der Waals surface area contributed by atoms with Crippen LogP contribution in [0.2, 0.25) is 0 Å². The Bertz CT molecular complexity index is 727. The quantitative estimate of drug-likeness (QED) is 0.608. The maximum absolute atomic E-state index is 12.1. The molecule has 1 aromatic rings. The van der Waals surface area contributed by atoms with E-state index in [1.807, 2.05) is 6.92 Å². The number of β-amino-alcohol motifs (C(OH)–C–C–N with tert-alkyl or cyclic N) is 1. The number of rotatable bonds is 7. The highest BCUT2D eigenvalue weighted by Crippen LogP contribution is 2.23. The minimum atomic E-state index is -0.488. The van der Waals surface area contributed by atoms with Crippen LogP contribution in [0.1, 0.15) is 5.56 Å². The number of aryl methyl sites for hydroxylation is 1. The summed E-state index contributed by atoms with van der Waals surface area (Å²) in [4.78, 5) is 38.6. The molecule has 1 heterocycles. The van der Waals surface area contributed by atoms with Gasteiger partial charge in [-0.2, -0.15) is 0 Å². The first-order valence-electron chi connectivity index (χ1n) is 7.82. The van der Waals surface area contributed by atoms with Gasteiger partial charge >= 0.3 is 0 Å². The number of aliphatic hydroxyl groups excluding tert-OH is 1. The van der Waals surface area contributed by atoms with Crippen LogP contribution < -0.4 is 10.6 Å². The molecule has 25 heavy (non-hydrogen) atoms. The Morgan fingerprint density at radius 3 is 2.64 bits per heavy atom. The van der Waals surface area contributed by atoms with Crippen molar-refractivity contribution in [3.63, 3.8) is 0 Å². The largest absolute Gasteiger partial charge is 0.395 e. The topological polar surface area (TPSA) is 102 Å². The maximum atomic E-state index is 12.1. The van der Waals surface area contributed by atoms with Crippen LogP contribution in [-0.2, 0) is 14.4 Å². The summed E-state index contributed by atoms with van der Waals surface area (Å²) in [5.41, 5.74) is 2.21. The molecule has 0 saturated carbocycles. The summed E-state index contributed by atoms with van der Waals surface area (Å²) in [5, 5.41) is 14.6. The van der Waals surface area contributed by atoms with Gasteiger partial charge in [0.15, 0.2) is 0 Å². The number of nitrogens with one attached hydrogen (secondary N) is 2. The molecule has 134 valence electrons. The van der Waals surface area contributed by atoms with Gasteiger partial charge in [0.2, 0.25) is 5.91 Å². The fourth-order valence-corrected chi connectivity index (χ4v) is 2.38. The van der Waals surface area contributed by atoms with Crippen LogP contribution >= 0.6 is 0 Å². The molecule has 0 unspecified atom stereocenters. The average Bonchev–Trinajstić information content (AvgIpc) is 2.78. The van der Waals surface area contributed by atoms with Crippen LogP contribution in [0, 0.1) is 6.92 Å². The molecular formula is C17H22N4O4. The summed E-state index contributed by atoms with van der Waals surface area (Å²) >= 11 is 0. The van der Waals surface area contributed by atoms with Gasteiger partial charge < -0.3 is 20.6 Å². The van der Waals surface area contributed by atoms with Crippen LogP contribution in [0.5, 0.6) is 0 Å². The van der Waals surface area contributed by atoms with E-state index >= 15 is 0 Å². The van der Waals surface area contributed by atoms with E-state index in [9.17, 15) is 14.4 Å². The summed E-state index contributed by atoms with van der Waals surface area (Å²) in [6.45, 7) is 1.79. The Morgan fingerprint density at radius 2 is 2.00 bits per heavy atom. The van der Waals surface area contributed by atoms with Gasteiger partial charge in [-0.1, -0.05) is 6.07 Å². The van der Waals surface area contributed by atoms with E-state index in [1.165, 1.54) is 6.08 Å². The second kappa shape index (κ2) is 7.91. The molecular weight excluding hydrogens is 324 g/mol. The molecule has 0 radical (unpaired) electrons. The highest BCUT2D eigenvalue weighted by atomic mass is 16.3. The van der Waals surface area contributed by atoms with E-state index in [4.69, 9.17) is 5.11 Å². The van der Waals surface area contributed by atoms with Crippen LogP contribution in [0.3, 0.4) is 0 Å². The Labute approximate surface area is 146 Å². The zero-order valence-corrected chi connectivity index (χ0v) is 14.5. The lowest BCUT2D eigenvalue weighted by Gasteiger charge is -2.15. The number of imide groups is 1.